The van der Waals surface area contributed by atoms with E-state index >= 15 is 0 Å². The van der Waals surface area contributed by atoms with E-state index in [4.69, 9.17) is 5.73 Å². The number of aliphatic hydroxyl groups is 1. The topological polar surface area (TPSA) is 46.2 Å². The Bertz CT molecular complexity index is 165. The first-order valence-corrected chi connectivity index (χ1v) is 5.43. The summed E-state index contributed by atoms with van der Waals surface area (Å²) in [5.74, 6) is 1.28. The largest absolute Gasteiger partial charge is 0.389 e. The lowest BCUT2D eigenvalue weighted by molar-refractivity contribution is -0.0939. The molecule has 2 nitrogen and oxygen atoms in total. The molecule has 1 aliphatic carbocycles. The van der Waals surface area contributed by atoms with Crippen LogP contribution < -0.4 is 5.73 Å². The van der Waals surface area contributed by atoms with E-state index in [0.717, 1.165) is 12.8 Å². The van der Waals surface area contributed by atoms with Crippen LogP contribution in [0, 0.1) is 17.8 Å². The first kappa shape index (κ1) is 11.0. The predicted octanol–water partition coefficient (Wildman–Crippen LogP) is 1.77. The number of hydrogen-bond donors (Lipinski definition) is 2. The Hall–Kier alpha value is -0.0800. The standard InChI is InChI=1S/C11H23NO/c1-8-4-5-9(2)11(13,6-8)10(3)7-12/h8-10,13H,4-7,12H2,1-3H3. The van der Waals surface area contributed by atoms with Crippen LogP contribution in [0.1, 0.15) is 40.0 Å². The van der Waals surface area contributed by atoms with Gasteiger partial charge in [0.25, 0.3) is 0 Å². The predicted molar refractivity (Wildman–Crippen MR) is 55.3 cm³/mol. The Morgan fingerprint density at radius 2 is 2.08 bits per heavy atom. The summed E-state index contributed by atoms with van der Waals surface area (Å²) in [6.45, 7) is 7.03. The smallest absolute Gasteiger partial charge is 0.0713 e. The van der Waals surface area contributed by atoms with Crippen LogP contribution in [0.4, 0.5) is 0 Å². The van der Waals surface area contributed by atoms with Gasteiger partial charge in [0.1, 0.15) is 0 Å². The first-order chi connectivity index (χ1) is 6.00. The Balaban J connectivity index is 2.72. The van der Waals surface area contributed by atoms with Crippen LogP contribution >= 0.6 is 0 Å². The van der Waals surface area contributed by atoms with Crippen LogP contribution in [-0.4, -0.2) is 17.3 Å². The van der Waals surface area contributed by atoms with E-state index in [1.165, 1.54) is 6.42 Å². The third-order valence-corrected chi connectivity index (χ3v) is 3.83. The third kappa shape index (κ3) is 2.05. The zero-order valence-electron chi connectivity index (χ0n) is 9.09. The minimum atomic E-state index is -0.508. The van der Waals surface area contributed by atoms with Gasteiger partial charge in [-0.3, -0.25) is 0 Å². The Morgan fingerprint density at radius 1 is 1.46 bits per heavy atom. The van der Waals surface area contributed by atoms with Crippen LogP contribution in [0.15, 0.2) is 0 Å². The van der Waals surface area contributed by atoms with Gasteiger partial charge in [-0.1, -0.05) is 27.2 Å². The Morgan fingerprint density at radius 3 is 2.62 bits per heavy atom. The molecule has 0 amide bonds. The van der Waals surface area contributed by atoms with Crippen molar-refractivity contribution in [3.63, 3.8) is 0 Å². The molecule has 1 saturated carbocycles. The van der Waals surface area contributed by atoms with Crippen molar-refractivity contribution in [3.05, 3.63) is 0 Å². The highest BCUT2D eigenvalue weighted by Crippen LogP contribution is 2.41. The van der Waals surface area contributed by atoms with Crippen LogP contribution in [0.5, 0.6) is 0 Å². The summed E-state index contributed by atoms with van der Waals surface area (Å²) in [7, 11) is 0. The number of hydrogen-bond acceptors (Lipinski definition) is 2. The summed E-state index contributed by atoms with van der Waals surface area (Å²) < 4.78 is 0. The lowest BCUT2D eigenvalue weighted by Gasteiger charge is -2.44. The highest BCUT2D eigenvalue weighted by Gasteiger charge is 2.42. The van der Waals surface area contributed by atoms with Crippen LogP contribution in [-0.2, 0) is 0 Å². The van der Waals surface area contributed by atoms with E-state index < -0.39 is 5.60 Å². The van der Waals surface area contributed by atoms with Crippen LogP contribution in [0.2, 0.25) is 0 Å². The fraction of sp³-hybridized carbons (Fsp3) is 1.00. The molecular formula is C11H23NO. The number of rotatable bonds is 2. The van der Waals surface area contributed by atoms with Crippen molar-refractivity contribution in [2.75, 3.05) is 6.54 Å². The summed E-state index contributed by atoms with van der Waals surface area (Å²) in [6.07, 6.45) is 3.31. The van der Waals surface area contributed by atoms with Gasteiger partial charge >= 0.3 is 0 Å². The van der Waals surface area contributed by atoms with Crippen molar-refractivity contribution in [1.29, 1.82) is 0 Å². The minimum absolute atomic E-state index is 0.227. The Labute approximate surface area is 81.5 Å². The molecule has 4 unspecified atom stereocenters. The molecule has 1 aliphatic rings. The van der Waals surface area contributed by atoms with Crippen molar-refractivity contribution < 1.29 is 5.11 Å². The summed E-state index contributed by atoms with van der Waals surface area (Å²) in [4.78, 5) is 0. The Kier molecular flexibility index (Phi) is 3.36. The summed E-state index contributed by atoms with van der Waals surface area (Å²) in [6, 6.07) is 0. The van der Waals surface area contributed by atoms with E-state index in [9.17, 15) is 5.11 Å². The fourth-order valence-electron chi connectivity index (χ4n) is 2.54. The second-order valence-corrected chi connectivity index (χ2v) is 4.92. The van der Waals surface area contributed by atoms with Crippen LogP contribution in [0.3, 0.4) is 0 Å². The normalized spacial score (nSPS) is 43.2. The van der Waals surface area contributed by atoms with Gasteiger partial charge in [0, 0.05) is 0 Å². The molecule has 0 aromatic rings. The quantitative estimate of drug-likeness (QED) is 0.688. The highest BCUT2D eigenvalue weighted by molar-refractivity contribution is 4.93. The van der Waals surface area contributed by atoms with Crippen molar-refractivity contribution in [2.45, 2.75) is 45.6 Å². The van der Waals surface area contributed by atoms with Gasteiger partial charge in [-0.2, -0.15) is 0 Å². The van der Waals surface area contributed by atoms with Gasteiger partial charge in [-0.05, 0) is 37.1 Å². The van der Waals surface area contributed by atoms with Crippen molar-refractivity contribution in [2.24, 2.45) is 23.5 Å². The van der Waals surface area contributed by atoms with Crippen molar-refractivity contribution in [3.8, 4) is 0 Å². The average molecular weight is 185 g/mol. The summed E-state index contributed by atoms with van der Waals surface area (Å²) >= 11 is 0. The van der Waals surface area contributed by atoms with E-state index in [1.54, 1.807) is 0 Å². The first-order valence-electron chi connectivity index (χ1n) is 5.43. The third-order valence-electron chi connectivity index (χ3n) is 3.83. The van der Waals surface area contributed by atoms with Gasteiger partial charge in [0.15, 0.2) is 0 Å². The summed E-state index contributed by atoms with van der Waals surface area (Å²) in [5, 5.41) is 10.5. The maximum atomic E-state index is 10.5. The van der Waals surface area contributed by atoms with Gasteiger partial charge in [0.05, 0.1) is 5.60 Å². The molecule has 0 aliphatic heterocycles. The number of nitrogens with two attached hydrogens (primary N) is 1. The molecule has 0 spiro atoms. The van der Waals surface area contributed by atoms with Gasteiger partial charge in [-0.15, -0.1) is 0 Å². The molecule has 0 heterocycles. The van der Waals surface area contributed by atoms with E-state index in [1.807, 2.05) is 0 Å². The van der Waals surface area contributed by atoms with E-state index in [0.29, 0.717) is 18.4 Å². The molecule has 13 heavy (non-hydrogen) atoms. The molecule has 78 valence electrons. The maximum Gasteiger partial charge on any atom is 0.0713 e. The monoisotopic (exact) mass is 185 g/mol. The molecule has 4 atom stereocenters. The zero-order valence-corrected chi connectivity index (χ0v) is 9.09. The second kappa shape index (κ2) is 3.97. The lowest BCUT2D eigenvalue weighted by Crippen LogP contribution is -2.49. The van der Waals surface area contributed by atoms with E-state index in [-0.39, 0.29) is 5.92 Å². The molecule has 3 N–H and O–H groups in total. The molecule has 0 saturated heterocycles. The van der Waals surface area contributed by atoms with Gasteiger partial charge in [0.2, 0.25) is 0 Å². The SMILES string of the molecule is CC1CCC(C)C(O)(C(C)CN)C1. The summed E-state index contributed by atoms with van der Waals surface area (Å²) in [5.41, 5.74) is 5.13. The molecule has 0 aromatic heterocycles. The van der Waals surface area contributed by atoms with Gasteiger partial charge in [-0.25, -0.2) is 0 Å². The zero-order chi connectivity index (χ0) is 10.1. The molecule has 1 rings (SSSR count). The molecule has 0 aromatic carbocycles. The molecule has 0 bridgehead atoms. The molecule has 0 radical (unpaired) electrons. The van der Waals surface area contributed by atoms with Gasteiger partial charge < -0.3 is 10.8 Å². The fourth-order valence-corrected chi connectivity index (χ4v) is 2.54. The maximum absolute atomic E-state index is 10.5. The van der Waals surface area contributed by atoms with E-state index in [2.05, 4.69) is 20.8 Å². The lowest BCUT2D eigenvalue weighted by atomic mass is 9.66. The van der Waals surface area contributed by atoms with Crippen molar-refractivity contribution >= 4 is 0 Å². The molecule has 2 heteroatoms. The van der Waals surface area contributed by atoms with Crippen molar-refractivity contribution in [1.82, 2.24) is 0 Å². The molecular weight excluding hydrogens is 162 g/mol. The van der Waals surface area contributed by atoms with Crippen LogP contribution in [0.25, 0.3) is 0 Å². The second-order valence-electron chi connectivity index (χ2n) is 4.92. The average Bonchev–Trinajstić information content (AvgIpc) is 2.10. The highest BCUT2D eigenvalue weighted by atomic mass is 16.3. The molecule has 1 fully saturated rings. The minimum Gasteiger partial charge on any atom is -0.389 e.